The van der Waals surface area contributed by atoms with Crippen molar-refractivity contribution in [3.8, 4) is 5.75 Å². The fourth-order valence-electron chi connectivity index (χ4n) is 4.41. The molecule has 0 saturated carbocycles. The smallest absolute Gasteiger partial charge is 0.331 e. The van der Waals surface area contributed by atoms with Crippen LogP contribution in [-0.4, -0.2) is 33.6 Å². The molecule has 0 N–H and O–H groups in total. The van der Waals surface area contributed by atoms with E-state index in [-0.39, 0.29) is 18.5 Å². The van der Waals surface area contributed by atoms with Crippen molar-refractivity contribution in [2.45, 2.75) is 44.8 Å². The van der Waals surface area contributed by atoms with Gasteiger partial charge in [-0.25, -0.2) is 4.79 Å². The van der Waals surface area contributed by atoms with Crippen LogP contribution in [0.15, 0.2) is 76.4 Å². The monoisotopic (exact) mass is 447 g/mol. The highest BCUT2D eigenvalue weighted by atomic mass is 16.5. The first-order valence-electron chi connectivity index (χ1n) is 11.3. The average molecular weight is 448 g/mol. The van der Waals surface area contributed by atoms with Gasteiger partial charge >= 0.3 is 5.69 Å². The maximum Gasteiger partial charge on any atom is 0.331 e. The van der Waals surface area contributed by atoms with Crippen LogP contribution >= 0.6 is 0 Å². The predicted octanol–water partition coefficient (Wildman–Crippen LogP) is 3.21. The zero-order valence-electron chi connectivity index (χ0n) is 18.9. The number of carbonyl (C=O) groups excluding carboxylic acids is 1. The molecule has 172 valence electrons. The minimum absolute atomic E-state index is 0.0862. The molecular weight excluding hydrogens is 418 g/mol. The zero-order chi connectivity index (χ0) is 23.2. The second-order valence-corrected chi connectivity index (χ2v) is 8.36. The molecule has 1 aliphatic rings. The van der Waals surface area contributed by atoms with Gasteiger partial charge in [0.1, 0.15) is 12.3 Å². The Morgan fingerprint density at radius 2 is 1.73 bits per heavy atom. The second kappa shape index (κ2) is 10.3. The number of ether oxygens (including phenoxy) is 1. The highest BCUT2D eigenvalue weighted by molar-refractivity contribution is 5.76. The van der Waals surface area contributed by atoms with Crippen molar-refractivity contribution in [1.82, 2.24) is 14.0 Å². The number of likely N-dealkylation sites (tertiary alicyclic amines) is 1. The van der Waals surface area contributed by atoms with Gasteiger partial charge in [-0.05, 0) is 36.1 Å². The van der Waals surface area contributed by atoms with Crippen molar-refractivity contribution in [1.29, 1.82) is 0 Å². The fraction of sp³-hybridized carbons (Fsp3) is 0.346. The molecule has 4 rings (SSSR count). The number of hydrogen-bond acceptors (Lipinski definition) is 4. The molecule has 3 aromatic rings. The van der Waals surface area contributed by atoms with E-state index in [0.29, 0.717) is 13.1 Å². The number of methoxy groups -OCH3 is 1. The van der Waals surface area contributed by atoms with E-state index < -0.39 is 11.2 Å². The Morgan fingerprint density at radius 1 is 0.970 bits per heavy atom. The summed E-state index contributed by atoms with van der Waals surface area (Å²) >= 11 is 0. The van der Waals surface area contributed by atoms with Crippen LogP contribution in [0.2, 0.25) is 0 Å². The van der Waals surface area contributed by atoms with Gasteiger partial charge in [-0.1, -0.05) is 55.3 Å². The Balaban J connectivity index is 1.59. The third-order valence-electron chi connectivity index (χ3n) is 6.20. The summed E-state index contributed by atoms with van der Waals surface area (Å²) in [5, 5.41) is 0. The molecule has 7 heteroatoms. The van der Waals surface area contributed by atoms with Crippen LogP contribution in [0.4, 0.5) is 0 Å². The summed E-state index contributed by atoms with van der Waals surface area (Å²) in [6, 6.07) is 18.6. The van der Waals surface area contributed by atoms with Gasteiger partial charge < -0.3 is 9.64 Å². The van der Waals surface area contributed by atoms with Gasteiger partial charge in [0.15, 0.2) is 0 Å². The predicted molar refractivity (Wildman–Crippen MR) is 126 cm³/mol. The van der Waals surface area contributed by atoms with Gasteiger partial charge in [-0.3, -0.25) is 18.7 Å². The summed E-state index contributed by atoms with van der Waals surface area (Å²) in [7, 11) is 1.62. The Morgan fingerprint density at radius 3 is 2.45 bits per heavy atom. The Hall–Kier alpha value is -3.61. The van der Waals surface area contributed by atoms with Gasteiger partial charge in [0, 0.05) is 18.8 Å². The molecule has 1 amide bonds. The first-order valence-corrected chi connectivity index (χ1v) is 11.3. The van der Waals surface area contributed by atoms with E-state index in [1.54, 1.807) is 7.11 Å². The molecule has 1 unspecified atom stereocenters. The normalized spacial score (nSPS) is 16.3. The summed E-state index contributed by atoms with van der Waals surface area (Å²) in [5.41, 5.74) is 1.04. The molecule has 0 aliphatic carbocycles. The van der Waals surface area contributed by atoms with Gasteiger partial charge in [-0.15, -0.1) is 0 Å². The summed E-state index contributed by atoms with van der Waals surface area (Å²) in [4.78, 5) is 40.8. The van der Waals surface area contributed by atoms with Crippen molar-refractivity contribution in [3.05, 3.63) is 98.8 Å². The van der Waals surface area contributed by atoms with E-state index in [9.17, 15) is 14.4 Å². The van der Waals surface area contributed by atoms with Crippen LogP contribution in [0, 0.1) is 0 Å². The van der Waals surface area contributed by atoms with E-state index in [2.05, 4.69) is 0 Å². The Labute approximate surface area is 192 Å². The average Bonchev–Trinajstić information content (AvgIpc) is 3.10. The molecule has 1 aliphatic heterocycles. The standard InChI is InChI=1S/C26H29N3O4/c1-33-22-13-11-21(12-14-22)23-10-6-3-7-16-28(23)25(31)19-29-24(30)15-17-27(26(29)32)18-20-8-4-2-5-9-20/h2,4-5,8-9,11-15,17,23H,3,6-7,10,16,18-19H2,1H3. The van der Waals surface area contributed by atoms with Crippen LogP contribution < -0.4 is 16.0 Å². The maximum absolute atomic E-state index is 13.4. The molecule has 2 heterocycles. The van der Waals surface area contributed by atoms with Crippen molar-refractivity contribution < 1.29 is 9.53 Å². The molecule has 1 fully saturated rings. The van der Waals surface area contributed by atoms with Gasteiger partial charge in [0.2, 0.25) is 5.91 Å². The van der Waals surface area contributed by atoms with Crippen molar-refractivity contribution in [2.75, 3.05) is 13.7 Å². The van der Waals surface area contributed by atoms with Crippen LogP contribution in [-0.2, 0) is 17.9 Å². The van der Waals surface area contributed by atoms with Crippen molar-refractivity contribution >= 4 is 5.91 Å². The van der Waals surface area contributed by atoms with Gasteiger partial charge in [0.25, 0.3) is 5.56 Å². The third-order valence-corrected chi connectivity index (χ3v) is 6.20. The van der Waals surface area contributed by atoms with E-state index in [4.69, 9.17) is 4.74 Å². The lowest BCUT2D eigenvalue weighted by Gasteiger charge is -2.31. The fourth-order valence-corrected chi connectivity index (χ4v) is 4.41. The molecule has 1 atom stereocenters. The number of benzene rings is 2. The van der Waals surface area contributed by atoms with Crippen molar-refractivity contribution in [3.63, 3.8) is 0 Å². The first kappa shape index (κ1) is 22.6. The largest absolute Gasteiger partial charge is 0.497 e. The molecule has 0 spiro atoms. The molecule has 7 nitrogen and oxygen atoms in total. The SMILES string of the molecule is COc1ccc(C2CCCCCN2C(=O)Cn2c(=O)ccn(Cc3ccccc3)c2=O)cc1. The maximum atomic E-state index is 13.4. The van der Waals surface area contributed by atoms with Gasteiger partial charge in [-0.2, -0.15) is 0 Å². The molecule has 1 saturated heterocycles. The zero-order valence-corrected chi connectivity index (χ0v) is 18.9. The van der Waals surface area contributed by atoms with E-state index >= 15 is 0 Å². The number of amides is 1. The molecule has 0 radical (unpaired) electrons. The number of aromatic nitrogens is 2. The minimum atomic E-state index is -0.476. The Bertz CT molecular complexity index is 1200. The molecule has 0 bridgehead atoms. The molecule has 1 aromatic heterocycles. The minimum Gasteiger partial charge on any atom is -0.497 e. The highest BCUT2D eigenvalue weighted by Gasteiger charge is 2.27. The van der Waals surface area contributed by atoms with Crippen LogP contribution in [0.1, 0.15) is 42.9 Å². The lowest BCUT2D eigenvalue weighted by molar-refractivity contribution is -0.134. The number of rotatable bonds is 6. The highest BCUT2D eigenvalue weighted by Crippen LogP contribution is 2.31. The third kappa shape index (κ3) is 5.25. The second-order valence-electron chi connectivity index (χ2n) is 8.36. The number of hydrogen-bond donors (Lipinski definition) is 0. The van der Waals surface area contributed by atoms with E-state index in [1.165, 1.54) is 16.8 Å². The molecule has 2 aromatic carbocycles. The topological polar surface area (TPSA) is 73.5 Å². The molecule has 33 heavy (non-hydrogen) atoms. The summed E-state index contributed by atoms with van der Waals surface area (Å²) in [5.74, 6) is 0.550. The van der Waals surface area contributed by atoms with Gasteiger partial charge in [0.05, 0.1) is 19.7 Å². The Kier molecular flexibility index (Phi) is 7.07. The quantitative estimate of drug-likeness (QED) is 0.582. The summed E-state index contributed by atoms with van der Waals surface area (Å²) in [6.45, 7) is 0.682. The lowest BCUT2D eigenvalue weighted by Crippen LogP contribution is -2.45. The van der Waals surface area contributed by atoms with Crippen LogP contribution in [0.25, 0.3) is 0 Å². The summed E-state index contributed by atoms with van der Waals surface area (Å²) < 4.78 is 7.77. The molecular formula is C26H29N3O4. The summed E-state index contributed by atoms with van der Waals surface area (Å²) in [6.07, 6.45) is 5.31. The van der Waals surface area contributed by atoms with Crippen LogP contribution in [0.3, 0.4) is 0 Å². The van der Waals surface area contributed by atoms with E-state index in [1.807, 2.05) is 59.5 Å². The van der Waals surface area contributed by atoms with Crippen molar-refractivity contribution in [2.24, 2.45) is 0 Å². The van der Waals surface area contributed by atoms with E-state index in [0.717, 1.165) is 47.1 Å². The number of carbonyl (C=O) groups is 1. The van der Waals surface area contributed by atoms with Crippen LogP contribution in [0.5, 0.6) is 5.75 Å². The first-order chi connectivity index (χ1) is 16.1. The number of nitrogens with zero attached hydrogens (tertiary/aromatic N) is 3. The lowest BCUT2D eigenvalue weighted by atomic mass is 10.0.